The van der Waals surface area contributed by atoms with Crippen LogP contribution in [0.25, 0.3) is 0 Å². The van der Waals surface area contributed by atoms with Crippen molar-refractivity contribution in [3.8, 4) is 0 Å². The molecule has 0 bridgehead atoms. The van der Waals surface area contributed by atoms with Gasteiger partial charge in [-0.25, -0.2) is 0 Å². The molecule has 82 valence electrons. The van der Waals surface area contributed by atoms with Crippen LogP contribution < -0.4 is 11.1 Å². The minimum Gasteiger partial charge on any atom is -0.353 e. The van der Waals surface area contributed by atoms with Crippen LogP contribution in [0.4, 0.5) is 0 Å². The molecule has 0 aliphatic carbocycles. The molecule has 1 amide bonds. The molecule has 2 unspecified atom stereocenters. The van der Waals surface area contributed by atoms with Crippen molar-refractivity contribution < 1.29 is 4.79 Å². The third kappa shape index (κ3) is 4.42. The summed E-state index contributed by atoms with van der Waals surface area (Å²) in [5.41, 5.74) is 5.54. The molecular weight excluding hydrogens is 176 g/mol. The molecule has 0 spiro atoms. The number of nitrogens with one attached hydrogen (secondary N) is 1. The number of hydrogen-bond donors (Lipinski definition) is 2. The molecule has 0 saturated heterocycles. The Kier molecular flexibility index (Phi) is 6.21. The summed E-state index contributed by atoms with van der Waals surface area (Å²) in [5.74, 6) is 0.259. The van der Waals surface area contributed by atoms with Gasteiger partial charge < -0.3 is 11.1 Å². The van der Waals surface area contributed by atoms with E-state index >= 15 is 0 Å². The lowest BCUT2D eigenvalue weighted by Crippen LogP contribution is -2.41. The standard InChI is InChI=1S/C11H22N2O/c1-5-6-9(4)13-11(14)10(7-12)8(2)3/h5,8-10H,1,6-7,12H2,2-4H3,(H,13,14). The monoisotopic (exact) mass is 198 g/mol. The van der Waals surface area contributed by atoms with Gasteiger partial charge in [0, 0.05) is 12.6 Å². The van der Waals surface area contributed by atoms with Crippen molar-refractivity contribution in [1.82, 2.24) is 5.32 Å². The molecule has 0 saturated carbocycles. The molecule has 0 aromatic rings. The SMILES string of the molecule is C=CCC(C)NC(=O)C(CN)C(C)C. The van der Waals surface area contributed by atoms with E-state index in [0.717, 1.165) is 6.42 Å². The first-order chi connectivity index (χ1) is 6.52. The summed E-state index contributed by atoms with van der Waals surface area (Å²) in [6.45, 7) is 10.0. The fourth-order valence-electron chi connectivity index (χ4n) is 1.34. The number of nitrogens with two attached hydrogens (primary N) is 1. The maximum atomic E-state index is 11.7. The fraction of sp³-hybridized carbons (Fsp3) is 0.727. The van der Waals surface area contributed by atoms with E-state index in [-0.39, 0.29) is 23.8 Å². The van der Waals surface area contributed by atoms with Crippen molar-refractivity contribution >= 4 is 5.91 Å². The molecule has 0 radical (unpaired) electrons. The Morgan fingerprint density at radius 2 is 2.07 bits per heavy atom. The topological polar surface area (TPSA) is 55.1 Å². The summed E-state index contributed by atoms with van der Waals surface area (Å²) in [6.07, 6.45) is 2.60. The predicted molar refractivity (Wildman–Crippen MR) is 59.8 cm³/mol. The number of carbonyl (C=O) groups is 1. The van der Waals surface area contributed by atoms with E-state index < -0.39 is 0 Å². The Morgan fingerprint density at radius 1 is 1.50 bits per heavy atom. The number of carbonyl (C=O) groups excluding carboxylic acids is 1. The average Bonchev–Trinajstić information content (AvgIpc) is 2.04. The third-order valence-corrected chi connectivity index (χ3v) is 2.30. The predicted octanol–water partition coefficient (Wildman–Crippen LogP) is 1.30. The molecule has 0 aromatic heterocycles. The Bertz CT molecular complexity index is 190. The third-order valence-electron chi connectivity index (χ3n) is 2.30. The van der Waals surface area contributed by atoms with Crippen LogP contribution in [0.3, 0.4) is 0 Å². The summed E-state index contributed by atoms with van der Waals surface area (Å²) in [4.78, 5) is 11.7. The van der Waals surface area contributed by atoms with Gasteiger partial charge in [0.2, 0.25) is 5.91 Å². The van der Waals surface area contributed by atoms with E-state index in [1.165, 1.54) is 0 Å². The second-order valence-electron chi connectivity index (χ2n) is 4.02. The van der Waals surface area contributed by atoms with Crippen LogP contribution in [0.5, 0.6) is 0 Å². The van der Waals surface area contributed by atoms with Crippen LogP contribution >= 0.6 is 0 Å². The largest absolute Gasteiger partial charge is 0.353 e. The second kappa shape index (κ2) is 6.60. The van der Waals surface area contributed by atoms with Gasteiger partial charge in [0.25, 0.3) is 0 Å². The summed E-state index contributed by atoms with van der Waals surface area (Å²) in [6, 6.07) is 0.146. The van der Waals surface area contributed by atoms with Gasteiger partial charge in [-0.3, -0.25) is 4.79 Å². The van der Waals surface area contributed by atoms with E-state index in [4.69, 9.17) is 5.73 Å². The number of rotatable bonds is 6. The van der Waals surface area contributed by atoms with E-state index in [1.807, 2.05) is 20.8 Å². The molecule has 3 nitrogen and oxygen atoms in total. The van der Waals surface area contributed by atoms with Gasteiger partial charge >= 0.3 is 0 Å². The Hall–Kier alpha value is -0.830. The van der Waals surface area contributed by atoms with Gasteiger partial charge in [-0.1, -0.05) is 19.9 Å². The summed E-state index contributed by atoms with van der Waals surface area (Å²) < 4.78 is 0. The van der Waals surface area contributed by atoms with E-state index in [2.05, 4.69) is 11.9 Å². The molecule has 0 rings (SSSR count). The average molecular weight is 198 g/mol. The number of amides is 1. The van der Waals surface area contributed by atoms with Gasteiger partial charge in [0.05, 0.1) is 5.92 Å². The Balaban J connectivity index is 4.10. The molecule has 3 N–H and O–H groups in total. The highest BCUT2D eigenvalue weighted by Gasteiger charge is 2.21. The highest BCUT2D eigenvalue weighted by atomic mass is 16.1. The van der Waals surface area contributed by atoms with Crippen molar-refractivity contribution in [1.29, 1.82) is 0 Å². The van der Waals surface area contributed by atoms with Crippen LogP contribution in [0.1, 0.15) is 27.2 Å². The number of hydrogen-bond acceptors (Lipinski definition) is 2. The van der Waals surface area contributed by atoms with Crippen LogP contribution in [0.2, 0.25) is 0 Å². The van der Waals surface area contributed by atoms with E-state index in [0.29, 0.717) is 6.54 Å². The minimum atomic E-state index is -0.0812. The highest BCUT2D eigenvalue weighted by Crippen LogP contribution is 2.09. The zero-order valence-corrected chi connectivity index (χ0v) is 9.42. The first-order valence-electron chi connectivity index (χ1n) is 5.14. The maximum absolute atomic E-state index is 11.7. The van der Waals surface area contributed by atoms with Gasteiger partial charge in [-0.2, -0.15) is 0 Å². The zero-order valence-electron chi connectivity index (χ0n) is 9.42. The van der Waals surface area contributed by atoms with Gasteiger partial charge in [0.1, 0.15) is 0 Å². The summed E-state index contributed by atoms with van der Waals surface area (Å²) in [5, 5.41) is 2.92. The van der Waals surface area contributed by atoms with Crippen molar-refractivity contribution in [2.24, 2.45) is 17.6 Å². The second-order valence-corrected chi connectivity index (χ2v) is 4.02. The van der Waals surface area contributed by atoms with Crippen molar-refractivity contribution in [3.05, 3.63) is 12.7 Å². The lowest BCUT2D eigenvalue weighted by molar-refractivity contribution is -0.126. The molecule has 2 atom stereocenters. The van der Waals surface area contributed by atoms with Crippen LogP contribution in [0.15, 0.2) is 12.7 Å². The Morgan fingerprint density at radius 3 is 2.43 bits per heavy atom. The normalized spacial score (nSPS) is 14.9. The zero-order chi connectivity index (χ0) is 11.1. The van der Waals surface area contributed by atoms with Crippen molar-refractivity contribution in [3.63, 3.8) is 0 Å². The summed E-state index contributed by atoms with van der Waals surface area (Å²) >= 11 is 0. The first kappa shape index (κ1) is 13.2. The maximum Gasteiger partial charge on any atom is 0.224 e. The lowest BCUT2D eigenvalue weighted by Gasteiger charge is -2.20. The van der Waals surface area contributed by atoms with E-state index in [9.17, 15) is 4.79 Å². The molecule has 14 heavy (non-hydrogen) atoms. The quantitative estimate of drug-likeness (QED) is 0.632. The van der Waals surface area contributed by atoms with Gasteiger partial charge in [-0.15, -0.1) is 6.58 Å². The molecule has 0 aliphatic rings. The van der Waals surface area contributed by atoms with Crippen LogP contribution in [-0.4, -0.2) is 18.5 Å². The molecule has 0 heterocycles. The van der Waals surface area contributed by atoms with Crippen LogP contribution in [-0.2, 0) is 4.79 Å². The molecule has 0 fully saturated rings. The molecule has 0 aromatic carbocycles. The molecule has 3 heteroatoms. The van der Waals surface area contributed by atoms with Crippen LogP contribution in [0, 0.1) is 11.8 Å². The van der Waals surface area contributed by atoms with Gasteiger partial charge in [-0.05, 0) is 19.3 Å². The Labute approximate surface area is 86.8 Å². The fourth-order valence-corrected chi connectivity index (χ4v) is 1.34. The first-order valence-corrected chi connectivity index (χ1v) is 5.14. The smallest absolute Gasteiger partial charge is 0.224 e. The van der Waals surface area contributed by atoms with Crippen molar-refractivity contribution in [2.75, 3.05) is 6.54 Å². The molecule has 0 aliphatic heterocycles. The highest BCUT2D eigenvalue weighted by molar-refractivity contribution is 5.79. The van der Waals surface area contributed by atoms with E-state index in [1.54, 1.807) is 6.08 Å². The summed E-state index contributed by atoms with van der Waals surface area (Å²) in [7, 11) is 0. The van der Waals surface area contributed by atoms with Gasteiger partial charge in [0.15, 0.2) is 0 Å². The minimum absolute atomic E-state index is 0.0526. The molecular formula is C11H22N2O. The van der Waals surface area contributed by atoms with Crippen molar-refractivity contribution in [2.45, 2.75) is 33.2 Å². The lowest BCUT2D eigenvalue weighted by atomic mass is 9.95.